The Morgan fingerprint density at radius 1 is 1.20 bits per heavy atom. The van der Waals surface area contributed by atoms with Crippen LogP contribution in [0.25, 0.3) is 16.7 Å². The average molecular weight is 500 g/mol. The normalized spacial score (nSPS) is 19.5. The second kappa shape index (κ2) is 10.2. The second-order valence-corrected chi connectivity index (χ2v) is 10.7. The van der Waals surface area contributed by atoms with E-state index in [0.29, 0.717) is 28.5 Å². The first-order valence-electron chi connectivity index (χ1n) is 12.7. The summed E-state index contributed by atoms with van der Waals surface area (Å²) in [5.41, 5.74) is 2.34. The maximum atomic E-state index is 14.8. The molecule has 4 heterocycles. The number of fused-ring (bicyclic) bond motifs is 1. The van der Waals surface area contributed by atoms with Crippen molar-refractivity contribution in [3.05, 3.63) is 51.0 Å². The molecule has 1 aliphatic heterocycles. The van der Waals surface area contributed by atoms with E-state index in [9.17, 15) is 9.18 Å². The Kier molecular flexibility index (Phi) is 7.46. The topological polar surface area (TPSA) is 63.9 Å². The lowest BCUT2D eigenvalue weighted by Gasteiger charge is -2.38. The molecule has 0 aromatic carbocycles. The van der Waals surface area contributed by atoms with Crippen LogP contribution in [0.3, 0.4) is 0 Å². The van der Waals surface area contributed by atoms with Gasteiger partial charge in [-0.1, -0.05) is 52.6 Å². The molecule has 1 saturated heterocycles. The molecule has 35 heavy (non-hydrogen) atoms. The zero-order valence-electron chi connectivity index (χ0n) is 21.5. The van der Waals surface area contributed by atoms with Gasteiger partial charge in [0.2, 0.25) is 0 Å². The summed E-state index contributed by atoms with van der Waals surface area (Å²) in [6.45, 7) is 13.4. The van der Waals surface area contributed by atoms with Crippen molar-refractivity contribution in [2.45, 2.75) is 85.1 Å². The minimum absolute atomic E-state index is 0.0549. The molecule has 6 nitrogen and oxygen atoms in total. The van der Waals surface area contributed by atoms with E-state index >= 15 is 0 Å². The summed E-state index contributed by atoms with van der Waals surface area (Å²) < 4.78 is 16.3. The standard InChI is InChI=1S/C27H35ClFN5O/c1-7-8-17(5)19-11-12-30-22(15(2)3)23(19)34-26-20(13-21(29)24(28)31-26)25(32-27(34)35)33-14-16(4)9-10-18(33)6/h11-13,15-18H,7-10,14H2,1-6H3/t16-,17?,18-/m0/s1. The summed E-state index contributed by atoms with van der Waals surface area (Å²) in [7, 11) is 0. The first-order valence-corrected chi connectivity index (χ1v) is 13.1. The van der Waals surface area contributed by atoms with Crippen molar-refractivity contribution in [2.75, 3.05) is 11.4 Å². The fourth-order valence-corrected chi connectivity index (χ4v) is 5.36. The SMILES string of the molecule is CCCC(C)c1ccnc(C(C)C)c1-n1c(=O)nc(N2C[C@@H](C)CC[C@@H]2C)c2cc(F)c(Cl)nc21. The molecule has 0 bridgehead atoms. The summed E-state index contributed by atoms with van der Waals surface area (Å²) in [6, 6.07) is 3.52. The van der Waals surface area contributed by atoms with E-state index in [4.69, 9.17) is 11.6 Å². The number of hydrogen-bond acceptors (Lipinski definition) is 5. The molecule has 4 rings (SSSR count). The van der Waals surface area contributed by atoms with E-state index in [1.54, 1.807) is 6.20 Å². The van der Waals surface area contributed by atoms with Crippen molar-refractivity contribution in [3.8, 4) is 5.69 Å². The summed E-state index contributed by atoms with van der Waals surface area (Å²) in [5.74, 6) is 0.541. The lowest BCUT2D eigenvalue weighted by molar-refractivity contribution is 0.388. The van der Waals surface area contributed by atoms with Gasteiger partial charge in [-0.15, -0.1) is 0 Å². The molecule has 0 saturated carbocycles. The summed E-state index contributed by atoms with van der Waals surface area (Å²) >= 11 is 6.19. The van der Waals surface area contributed by atoms with Gasteiger partial charge in [0.25, 0.3) is 0 Å². The highest BCUT2D eigenvalue weighted by atomic mass is 35.5. The molecule has 1 fully saturated rings. The molecular formula is C27H35ClFN5O. The predicted octanol–water partition coefficient (Wildman–Crippen LogP) is 6.62. The third-order valence-electron chi connectivity index (χ3n) is 7.16. The maximum absolute atomic E-state index is 14.8. The van der Waals surface area contributed by atoms with Gasteiger partial charge in [-0.25, -0.2) is 18.7 Å². The van der Waals surface area contributed by atoms with Gasteiger partial charge in [-0.3, -0.25) is 4.98 Å². The van der Waals surface area contributed by atoms with Crippen LogP contribution in [-0.2, 0) is 0 Å². The van der Waals surface area contributed by atoms with E-state index in [0.717, 1.165) is 43.5 Å². The van der Waals surface area contributed by atoms with Crippen LogP contribution in [0.4, 0.5) is 10.2 Å². The summed E-state index contributed by atoms with van der Waals surface area (Å²) in [6.07, 6.45) is 5.85. The molecule has 0 N–H and O–H groups in total. The first-order chi connectivity index (χ1) is 16.6. The van der Waals surface area contributed by atoms with Crippen LogP contribution in [0.2, 0.25) is 5.15 Å². The Labute approximate surface area is 211 Å². The zero-order chi connectivity index (χ0) is 25.4. The van der Waals surface area contributed by atoms with Crippen LogP contribution in [0.1, 0.15) is 90.3 Å². The van der Waals surface area contributed by atoms with E-state index in [1.165, 1.54) is 10.6 Å². The Morgan fingerprint density at radius 3 is 2.63 bits per heavy atom. The van der Waals surface area contributed by atoms with Crippen molar-refractivity contribution in [1.82, 2.24) is 19.5 Å². The monoisotopic (exact) mass is 499 g/mol. The van der Waals surface area contributed by atoms with Gasteiger partial charge in [0.1, 0.15) is 5.82 Å². The Bertz CT molecular complexity index is 1290. The smallest absolute Gasteiger partial charge is 0.353 e. The lowest BCUT2D eigenvalue weighted by Crippen LogP contribution is -2.43. The van der Waals surface area contributed by atoms with E-state index in [-0.39, 0.29) is 23.0 Å². The number of halogens is 2. The maximum Gasteiger partial charge on any atom is 0.355 e. The van der Waals surface area contributed by atoms with Gasteiger partial charge < -0.3 is 4.90 Å². The van der Waals surface area contributed by atoms with Gasteiger partial charge in [0, 0.05) is 18.8 Å². The minimum Gasteiger partial charge on any atom is -0.353 e. The molecule has 0 spiro atoms. The van der Waals surface area contributed by atoms with Crippen molar-refractivity contribution >= 4 is 28.5 Å². The van der Waals surface area contributed by atoms with Crippen molar-refractivity contribution in [2.24, 2.45) is 5.92 Å². The number of anilines is 1. The quantitative estimate of drug-likeness (QED) is 0.356. The Hall–Kier alpha value is -2.54. The van der Waals surface area contributed by atoms with Gasteiger partial charge >= 0.3 is 5.69 Å². The molecule has 0 aliphatic carbocycles. The number of hydrogen-bond donors (Lipinski definition) is 0. The van der Waals surface area contributed by atoms with Crippen LogP contribution in [0.15, 0.2) is 23.1 Å². The zero-order valence-corrected chi connectivity index (χ0v) is 22.2. The van der Waals surface area contributed by atoms with Crippen molar-refractivity contribution in [3.63, 3.8) is 0 Å². The molecule has 0 amide bonds. The largest absolute Gasteiger partial charge is 0.355 e. The minimum atomic E-state index is -0.625. The molecular weight excluding hydrogens is 465 g/mol. The molecule has 8 heteroatoms. The molecule has 188 valence electrons. The van der Waals surface area contributed by atoms with E-state index in [2.05, 4.69) is 47.5 Å². The third kappa shape index (κ3) is 4.80. The number of aromatic nitrogens is 4. The molecule has 1 aliphatic rings. The summed E-state index contributed by atoms with van der Waals surface area (Å²) in [5, 5.41) is 0.223. The fourth-order valence-electron chi connectivity index (χ4n) is 5.23. The van der Waals surface area contributed by atoms with Gasteiger partial charge in [0.15, 0.2) is 16.6 Å². The van der Waals surface area contributed by atoms with Gasteiger partial charge in [-0.2, -0.15) is 4.98 Å². The fraction of sp³-hybridized carbons (Fsp3) is 0.556. The third-order valence-corrected chi connectivity index (χ3v) is 7.42. The highest BCUT2D eigenvalue weighted by Gasteiger charge is 2.29. The molecule has 1 unspecified atom stereocenters. The average Bonchev–Trinajstić information content (AvgIpc) is 2.81. The number of piperidine rings is 1. The predicted molar refractivity (Wildman–Crippen MR) is 141 cm³/mol. The van der Waals surface area contributed by atoms with Crippen LogP contribution in [-0.4, -0.2) is 32.1 Å². The van der Waals surface area contributed by atoms with Crippen LogP contribution in [0.5, 0.6) is 0 Å². The second-order valence-electron chi connectivity index (χ2n) is 10.3. The van der Waals surface area contributed by atoms with Gasteiger partial charge in [0.05, 0.1) is 16.8 Å². The van der Waals surface area contributed by atoms with E-state index in [1.807, 2.05) is 19.9 Å². The van der Waals surface area contributed by atoms with E-state index < -0.39 is 11.5 Å². The molecule has 3 aromatic heterocycles. The number of pyridine rings is 2. The Balaban J connectivity index is 2.09. The molecule has 3 aromatic rings. The Morgan fingerprint density at radius 2 is 1.94 bits per heavy atom. The van der Waals surface area contributed by atoms with Crippen LogP contribution >= 0.6 is 11.6 Å². The highest BCUT2D eigenvalue weighted by molar-refractivity contribution is 6.30. The molecule has 3 atom stereocenters. The number of nitrogens with zero attached hydrogens (tertiary/aromatic N) is 5. The highest BCUT2D eigenvalue weighted by Crippen LogP contribution is 2.36. The van der Waals surface area contributed by atoms with Gasteiger partial charge in [-0.05, 0) is 61.6 Å². The van der Waals surface area contributed by atoms with Crippen molar-refractivity contribution < 1.29 is 4.39 Å². The number of rotatable bonds is 6. The van der Waals surface area contributed by atoms with Crippen molar-refractivity contribution in [1.29, 1.82) is 0 Å². The van der Waals surface area contributed by atoms with Crippen LogP contribution < -0.4 is 10.6 Å². The lowest BCUT2D eigenvalue weighted by atomic mass is 9.92. The summed E-state index contributed by atoms with van der Waals surface area (Å²) in [4.78, 5) is 29.5. The first kappa shape index (κ1) is 25.5. The molecule has 0 radical (unpaired) electrons. The van der Waals surface area contributed by atoms with Crippen LogP contribution in [0, 0.1) is 11.7 Å².